The highest BCUT2D eigenvalue weighted by atomic mass is 127. The van der Waals surface area contributed by atoms with Crippen LogP contribution in [0.5, 0.6) is 0 Å². The molecule has 8 heteroatoms. The van der Waals surface area contributed by atoms with Crippen molar-refractivity contribution < 1.29 is 4.79 Å². The molecule has 0 saturated heterocycles. The number of amides is 1. The van der Waals surface area contributed by atoms with E-state index in [9.17, 15) is 4.79 Å². The van der Waals surface area contributed by atoms with Crippen molar-refractivity contribution in [2.45, 2.75) is 11.7 Å². The van der Waals surface area contributed by atoms with Gasteiger partial charge in [0, 0.05) is 10.6 Å². The van der Waals surface area contributed by atoms with Crippen LogP contribution in [0.3, 0.4) is 0 Å². The van der Waals surface area contributed by atoms with Crippen LogP contribution in [-0.2, 0) is 18.4 Å². The van der Waals surface area contributed by atoms with Crippen LogP contribution in [0.1, 0.15) is 5.82 Å². The second kappa shape index (κ2) is 7.04. The Hall–Kier alpha value is -1.13. The summed E-state index contributed by atoms with van der Waals surface area (Å²) in [5, 5.41) is 11.5. The van der Waals surface area contributed by atoms with E-state index in [4.69, 9.17) is 5.73 Å². The molecule has 0 fully saturated rings. The van der Waals surface area contributed by atoms with Gasteiger partial charge >= 0.3 is 0 Å². The quantitative estimate of drug-likeness (QED) is 0.585. The van der Waals surface area contributed by atoms with Gasteiger partial charge in [-0.3, -0.25) is 4.79 Å². The minimum Gasteiger partial charge on any atom is -0.324 e. The lowest BCUT2D eigenvalue weighted by Crippen LogP contribution is -2.15. The van der Waals surface area contributed by atoms with E-state index in [1.165, 1.54) is 11.8 Å². The molecule has 0 aliphatic rings. The van der Waals surface area contributed by atoms with Crippen LogP contribution < -0.4 is 11.1 Å². The molecule has 0 unspecified atom stereocenters. The summed E-state index contributed by atoms with van der Waals surface area (Å²) in [6, 6.07) is 7.64. The number of rotatable bonds is 5. The van der Waals surface area contributed by atoms with Gasteiger partial charge in [-0.25, -0.2) is 0 Å². The van der Waals surface area contributed by atoms with Crippen molar-refractivity contribution in [2.24, 2.45) is 12.8 Å². The van der Waals surface area contributed by atoms with Crippen molar-refractivity contribution in [2.75, 3.05) is 11.1 Å². The average Bonchev–Trinajstić information content (AvgIpc) is 2.79. The smallest absolute Gasteiger partial charge is 0.234 e. The van der Waals surface area contributed by atoms with Crippen LogP contribution in [0.15, 0.2) is 29.4 Å². The fourth-order valence-electron chi connectivity index (χ4n) is 1.53. The van der Waals surface area contributed by atoms with E-state index in [1.54, 1.807) is 4.57 Å². The van der Waals surface area contributed by atoms with Crippen LogP contribution in [0, 0.1) is 3.57 Å². The largest absolute Gasteiger partial charge is 0.324 e. The molecule has 1 aromatic carbocycles. The minimum atomic E-state index is -0.0728. The van der Waals surface area contributed by atoms with Gasteiger partial charge in [0.15, 0.2) is 5.16 Å². The van der Waals surface area contributed by atoms with Gasteiger partial charge in [-0.15, -0.1) is 10.2 Å². The number of halogens is 1. The Kier molecular flexibility index (Phi) is 5.38. The van der Waals surface area contributed by atoms with Crippen molar-refractivity contribution >= 4 is 45.9 Å². The molecule has 0 bridgehead atoms. The second-order valence-corrected chi connectivity index (χ2v) is 6.08. The van der Waals surface area contributed by atoms with Crippen LogP contribution >= 0.6 is 34.4 Å². The summed E-state index contributed by atoms with van der Waals surface area (Å²) >= 11 is 3.52. The zero-order valence-corrected chi connectivity index (χ0v) is 13.8. The number of hydrogen-bond donors (Lipinski definition) is 2. The molecular formula is C12H14IN5OS. The van der Waals surface area contributed by atoms with E-state index >= 15 is 0 Å². The molecule has 20 heavy (non-hydrogen) atoms. The molecule has 0 aliphatic carbocycles. The molecule has 106 valence electrons. The Labute approximate surface area is 134 Å². The number of hydrogen-bond acceptors (Lipinski definition) is 5. The molecule has 2 rings (SSSR count). The third-order valence-electron chi connectivity index (χ3n) is 2.59. The first-order valence-electron chi connectivity index (χ1n) is 5.87. The van der Waals surface area contributed by atoms with Gasteiger partial charge in [0.1, 0.15) is 5.82 Å². The molecule has 1 heterocycles. The maximum Gasteiger partial charge on any atom is 0.234 e. The van der Waals surface area contributed by atoms with Crippen molar-refractivity contribution in [3.05, 3.63) is 33.7 Å². The first-order valence-corrected chi connectivity index (χ1v) is 7.93. The SMILES string of the molecule is Cn1c(CN)nnc1SCC(=O)Nc1ccccc1I. The highest BCUT2D eigenvalue weighted by molar-refractivity contribution is 14.1. The molecule has 0 saturated carbocycles. The maximum absolute atomic E-state index is 11.9. The number of nitrogens with one attached hydrogen (secondary N) is 1. The molecule has 0 radical (unpaired) electrons. The van der Waals surface area contributed by atoms with E-state index in [0.29, 0.717) is 17.5 Å². The molecular weight excluding hydrogens is 389 g/mol. The highest BCUT2D eigenvalue weighted by Crippen LogP contribution is 2.19. The van der Waals surface area contributed by atoms with Crippen molar-refractivity contribution in [3.63, 3.8) is 0 Å². The minimum absolute atomic E-state index is 0.0728. The lowest BCUT2D eigenvalue weighted by Gasteiger charge is -2.06. The average molecular weight is 403 g/mol. The Morgan fingerprint density at radius 2 is 2.20 bits per heavy atom. The molecule has 0 aliphatic heterocycles. The summed E-state index contributed by atoms with van der Waals surface area (Å²) < 4.78 is 2.80. The van der Waals surface area contributed by atoms with E-state index in [2.05, 4.69) is 38.1 Å². The summed E-state index contributed by atoms with van der Waals surface area (Å²) in [5.41, 5.74) is 6.34. The number of thioether (sulfide) groups is 1. The number of aromatic nitrogens is 3. The number of nitrogens with zero attached hydrogens (tertiary/aromatic N) is 3. The fourth-order valence-corrected chi connectivity index (χ4v) is 2.78. The first kappa shape index (κ1) is 15.3. The topological polar surface area (TPSA) is 85.8 Å². The zero-order chi connectivity index (χ0) is 14.5. The number of nitrogens with two attached hydrogens (primary N) is 1. The summed E-state index contributed by atoms with van der Waals surface area (Å²) in [7, 11) is 1.84. The first-order chi connectivity index (χ1) is 9.61. The normalized spacial score (nSPS) is 10.6. The zero-order valence-electron chi connectivity index (χ0n) is 10.8. The standard InChI is InChI=1S/C12H14IN5OS/c1-18-10(6-14)16-17-12(18)20-7-11(19)15-9-5-3-2-4-8(9)13/h2-5H,6-7,14H2,1H3,(H,15,19). The highest BCUT2D eigenvalue weighted by Gasteiger charge is 2.11. The van der Waals surface area contributed by atoms with Gasteiger partial charge in [-0.1, -0.05) is 23.9 Å². The maximum atomic E-state index is 11.9. The molecule has 3 N–H and O–H groups in total. The van der Waals surface area contributed by atoms with Crippen molar-refractivity contribution in [1.29, 1.82) is 0 Å². The van der Waals surface area contributed by atoms with E-state index in [1.807, 2.05) is 31.3 Å². The Balaban J connectivity index is 1.92. The van der Waals surface area contributed by atoms with Crippen molar-refractivity contribution in [1.82, 2.24) is 14.8 Å². The van der Waals surface area contributed by atoms with Crippen molar-refractivity contribution in [3.8, 4) is 0 Å². The number of carbonyl (C=O) groups excluding carboxylic acids is 1. The van der Waals surface area contributed by atoms with Crippen LogP contribution in [0.25, 0.3) is 0 Å². The van der Waals surface area contributed by atoms with Crippen LogP contribution in [0.2, 0.25) is 0 Å². The van der Waals surface area contributed by atoms with Crippen LogP contribution in [-0.4, -0.2) is 26.4 Å². The van der Waals surface area contributed by atoms with Gasteiger partial charge in [0.2, 0.25) is 5.91 Å². The van der Waals surface area contributed by atoms with Crippen LogP contribution in [0.4, 0.5) is 5.69 Å². The number of carbonyl (C=O) groups is 1. The van der Waals surface area contributed by atoms with E-state index in [-0.39, 0.29) is 11.7 Å². The molecule has 0 atom stereocenters. The Bertz CT molecular complexity index is 616. The molecule has 6 nitrogen and oxygen atoms in total. The summed E-state index contributed by atoms with van der Waals surface area (Å²) in [6.45, 7) is 0.332. The van der Waals surface area contributed by atoms with E-state index in [0.717, 1.165) is 9.26 Å². The summed E-state index contributed by atoms with van der Waals surface area (Å²) in [5.74, 6) is 0.906. The van der Waals surface area contributed by atoms with Gasteiger partial charge in [0.05, 0.1) is 18.0 Å². The summed E-state index contributed by atoms with van der Waals surface area (Å²) in [4.78, 5) is 11.9. The predicted molar refractivity (Wildman–Crippen MR) is 87.4 cm³/mol. The molecule has 2 aromatic rings. The van der Waals surface area contributed by atoms with Gasteiger partial charge in [-0.2, -0.15) is 0 Å². The fraction of sp³-hybridized carbons (Fsp3) is 0.250. The molecule has 1 amide bonds. The summed E-state index contributed by atoms with van der Waals surface area (Å²) in [6.07, 6.45) is 0. The number of anilines is 1. The lowest BCUT2D eigenvalue weighted by atomic mass is 10.3. The third kappa shape index (κ3) is 3.70. The van der Waals surface area contributed by atoms with Gasteiger partial charge < -0.3 is 15.6 Å². The Morgan fingerprint density at radius 1 is 1.45 bits per heavy atom. The predicted octanol–water partition coefficient (Wildman–Crippen LogP) is 1.61. The lowest BCUT2D eigenvalue weighted by molar-refractivity contribution is -0.113. The number of para-hydroxylation sites is 1. The van der Waals surface area contributed by atoms with Gasteiger partial charge in [-0.05, 0) is 34.7 Å². The molecule has 1 aromatic heterocycles. The van der Waals surface area contributed by atoms with E-state index < -0.39 is 0 Å². The molecule has 0 spiro atoms. The van der Waals surface area contributed by atoms with Gasteiger partial charge in [0.25, 0.3) is 0 Å². The number of benzene rings is 1. The Morgan fingerprint density at radius 3 is 2.85 bits per heavy atom. The monoisotopic (exact) mass is 403 g/mol. The second-order valence-electron chi connectivity index (χ2n) is 3.98. The third-order valence-corrected chi connectivity index (χ3v) is 4.55.